The van der Waals surface area contributed by atoms with E-state index in [9.17, 15) is 4.79 Å². The molecule has 0 aliphatic rings. The van der Waals surface area contributed by atoms with Crippen LogP contribution in [-0.2, 0) is 0 Å². The molecule has 1 rings (SSSR count). The smallest absolute Gasteiger partial charge is 0.250 e. The van der Waals surface area contributed by atoms with Crippen molar-refractivity contribution >= 4 is 29.2 Å². The molecule has 3 nitrogen and oxygen atoms in total. The maximum absolute atomic E-state index is 10.8. The molecule has 0 unspecified atom stereocenters. The molecule has 1 amide bonds. The first-order valence-corrected chi connectivity index (χ1v) is 3.77. The summed E-state index contributed by atoms with van der Waals surface area (Å²) in [6, 6.07) is 4.99. The van der Waals surface area contributed by atoms with Gasteiger partial charge in [-0.3, -0.25) is 4.79 Å². The number of para-hydroxylation sites is 1. The van der Waals surface area contributed by atoms with Gasteiger partial charge in [-0.05, 0) is 6.07 Å². The summed E-state index contributed by atoms with van der Waals surface area (Å²) in [6.07, 6.45) is 0. The second-order valence-electron chi connectivity index (χ2n) is 2.29. The molecule has 0 aromatic heterocycles. The molecule has 0 spiro atoms. The molecule has 12 heavy (non-hydrogen) atoms. The molecule has 0 saturated heterocycles. The first kappa shape index (κ1) is 8.67. The van der Waals surface area contributed by atoms with Gasteiger partial charge in [-0.2, -0.15) is 0 Å². The van der Waals surface area contributed by atoms with Gasteiger partial charge >= 0.3 is 0 Å². The highest BCUT2D eigenvalue weighted by Crippen LogP contribution is 2.14. The van der Waals surface area contributed by atoms with Crippen LogP contribution in [0.3, 0.4) is 0 Å². The van der Waals surface area contributed by atoms with E-state index < -0.39 is 5.91 Å². The minimum Gasteiger partial charge on any atom is -0.398 e. The van der Waals surface area contributed by atoms with E-state index in [1.807, 2.05) is 0 Å². The lowest BCUT2D eigenvalue weighted by Gasteiger charge is -2.03. The standard InChI is InChI=1S/C8H8N2OS/c9-7-5(4-12)2-1-3-6(7)8(10)11/h1-4H,9H2,(H2,10,11). The highest BCUT2D eigenvalue weighted by molar-refractivity contribution is 7.79. The Balaban J connectivity index is 3.32. The molecule has 0 fully saturated rings. The molecule has 0 radical (unpaired) electrons. The minimum absolute atomic E-state index is 0.314. The van der Waals surface area contributed by atoms with Gasteiger partial charge in [-0.15, -0.1) is 0 Å². The number of thiocarbonyl (C=S) groups is 1. The van der Waals surface area contributed by atoms with Gasteiger partial charge in [-0.1, -0.05) is 24.4 Å². The first-order valence-electron chi connectivity index (χ1n) is 3.30. The van der Waals surface area contributed by atoms with Crippen molar-refractivity contribution in [2.45, 2.75) is 0 Å². The summed E-state index contributed by atoms with van der Waals surface area (Å²) in [6.45, 7) is 0. The van der Waals surface area contributed by atoms with E-state index in [4.69, 9.17) is 23.7 Å². The fourth-order valence-electron chi connectivity index (χ4n) is 0.901. The number of hydrogen-bond acceptors (Lipinski definition) is 3. The second kappa shape index (κ2) is 3.32. The van der Waals surface area contributed by atoms with E-state index in [2.05, 4.69) is 0 Å². The Morgan fingerprint density at radius 3 is 2.67 bits per heavy atom. The molecule has 4 N–H and O–H groups in total. The van der Waals surface area contributed by atoms with Crippen LogP contribution in [0.15, 0.2) is 18.2 Å². The van der Waals surface area contributed by atoms with Crippen molar-refractivity contribution < 1.29 is 4.79 Å². The number of benzene rings is 1. The van der Waals surface area contributed by atoms with E-state index in [0.29, 0.717) is 16.8 Å². The molecule has 4 heteroatoms. The van der Waals surface area contributed by atoms with Gasteiger partial charge in [0.15, 0.2) is 0 Å². The van der Waals surface area contributed by atoms with Crippen LogP contribution in [-0.4, -0.2) is 11.3 Å². The lowest BCUT2D eigenvalue weighted by molar-refractivity contribution is 0.100. The van der Waals surface area contributed by atoms with Gasteiger partial charge < -0.3 is 11.5 Å². The molecule has 1 aromatic rings. The third-order valence-corrected chi connectivity index (χ3v) is 1.79. The Morgan fingerprint density at radius 1 is 1.50 bits per heavy atom. The lowest BCUT2D eigenvalue weighted by Crippen LogP contribution is -2.14. The van der Waals surface area contributed by atoms with Crippen LogP contribution in [0.5, 0.6) is 0 Å². The fraction of sp³-hybridized carbons (Fsp3) is 0. The number of nitrogen functional groups attached to an aromatic ring is 1. The van der Waals surface area contributed by atoms with Gasteiger partial charge in [-0.25, -0.2) is 0 Å². The van der Waals surface area contributed by atoms with Crippen molar-refractivity contribution in [3.63, 3.8) is 0 Å². The van der Waals surface area contributed by atoms with Crippen molar-refractivity contribution in [1.82, 2.24) is 0 Å². The van der Waals surface area contributed by atoms with Crippen LogP contribution in [0.2, 0.25) is 0 Å². The maximum atomic E-state index is 10.8. The Morgan fingerprint density at radius 2 is 2.17 bits per heavy atom. The number of carbonyl (C=O) groups is 1. The average Bonchev–Trinajstić information content (AvgIpc) is 2.04. The van der Waals surface area contributed by atoms with Gasteiger partial charge in [0.05, 0.1) is 11.3 Å². The number of carbonyl (C=O) groups excluding carboxylic acids is 1. The zero-order chi connectivity index (χ0) is 9.14. The quantitative estimate of drug-likeness (QED) is 0.520. The van der Waals surface area contributed by atoms with Crippen LogP contribution in [0.1, 0.15) is 15.9 Å². The lowest BCUT2D eigenvalue weighted by atomic mass is 10.1. The molecule has 0 bridgehead atoms. The monoisotopic (exact) mass is 180 g/mol. The van der Waals surface area contributed by atoms with E-state index in [0.717, 1.165) is 0 Å². The summed E-state index contributed by atoms with van der Waals surface area (Å²) in [4.78, 5) is 10.8. The summed E-state index contributed by atoms with van der Waals surface area (Å²) in [5.74, 6) is -0.536. The van der Waals surface area contributed by atoms with Crippen LogP contribution < -0.4 is 11.5 Å². The average molecular weight is 180 g/mol. The maximum Gasteiger partial charge on any atom is 0.250 e. The highest BCUT2D eigenvalue weighted by atomic mass is 32.1. The Bertz CT molecular complexity index is 336. The van der Waals surface area contributed by atoms with Crippen molar-refractivity contribution in [1.29, 1.82) is 0 Å². The highest BCUT2D eigenvalue weighted by Gasteiger charge is 2.06. The first-order chi connectivity index (χ1) is 5.66. The zero-order valence-corrected chi connectivity index (χ0v) is 7.10. The van der Waals surface area contributed by atoms with Crippen molar-refractivity contribution in [3.8, 4) is 0 Å². The molecule has 0 aliphatic carbocycles. The van der Waals surface area contributed by atoms with Crippen molar-refractivity contribution in [2.24, 2.45) is 5.73 Å². The molecule has 0 atom stereocenters. The number of hydrogen-bond donors (Lipinski definition) is 2. The summed E-state index contributed by atoms with van der Waals surface area (Å²) in [7, 11) is 0. The van der Waals surface area contributed by atoms with Crippen molar-refractivity contribution in [2.75, 3.05) is 5.73 Å². The number of nitrogens with two attached hydrogens (primary N) is 2. The molecule has 0 heterocycles. The third kappa shape index (κ3) is 1.43. The molecule has 1 aromatic carbocycles. The summed E-state index contributed by atoms with van der Waals surface area (Å²) in [5.41, 5.74) is 12.0. The van der Waals surface area contributed by atoms with Gasteiger partial charge in [0.25, 0.3) is 5.91 Å². The zero-order valence-electron chi connectivity index (χ0n) is 6.28. The van der Waals surface area contributed by atoms with Gasteiger partial charge in [0.2, 0.25) is 0 Å². The van der Waals surface area contributed by atoms with Crippen LogP contribution in [0.4, 0.5) is 5.69 Å². The predicted molar refractivity (Wildman–Crippen MR) is 52.1 cm³/mol. The van der Waals surface area contributed by atoms with Crippen LogP contribution in [0, 0.1) is 0 Å². The summed E-state index contributed by atoms with van der Waals surface area (Å²) in [5, 5.41) is 1.42. The SMILES string of the molecule is NC(=O)c1cccc(C=S)c1N. The van der Waals surface area contributed by atoms with Crippen LogP contribution >= 0.6 is 12.2 Å². The molecular formula is C8H8N2OS. The molecule has 0 saturated carbocycles. The molecule has 62 valence electrons. The van der Waals surface area contributed by atoms with Gasteiger partial charge in [0, 0.05) is 10.9 Å². The van der Waals surface area contributed by atoms with Crippen molar-refractivity contribution in [3.05, 3.63) is 29.3 Å². The van der Waals surface area contributed by atoms with Gasteiger partial charge in [0.1, 0.15) is 0 Å². The van der Waals surface area contributed by atoms with Crippen LogP contribution in [0.25, 0.3) is 0 Å². The number of rotatable bonds is 2. The number of anilines is 1. The third-order valence-electron chi connectivity index (χ3n) is 1.53. The molecular weight excluding hydrogens is 172 g/mol. The minimum atomic E-state index is -0.536. The van der Waals surface area contributed by atoms with E-state index in [1.54, 1.807) is 18.2 Å². The normalized spacial score (nSPS) is 9.33. The number of amides is 1. The molecule has 0 aliphatic heterocycles. The van der Waals surface area contributed by atoms with E-state index in [1.165, 1.54) is 5.37 Å². The van der Waals surface area contributed by atoms with E-state index in [-0.39, 0.29) is 0 Å². The Labute approximate surface area is 75.4 Å². The Hall–Kier alpha value is -1.42. The Kier molecular flexibility index (Phi) is 2.40. The summed E-state index contributed by atoms with van der Waals surface area (Å²) < 4.78 is 0. The largest absolute Gasteiger partial charge is 0.398 e. The topological polar surface area (TPSA) is 69.1 Å². The second-order valence-corrected chi connectivity index (χ2v) is 2.53. The predicted octanol–water partition coefficient (Wildman–Crippen LogP) is 0.716. The van der Waals surface area contributed by atoms with E-state index >= 15 is 0 Å². The summed E-state index contributed by atoms with van der Waals surface area (Å²) >= 11 is 4.70. The number of primary amides is 1. The fourth-order valence-corrected chi connectivity index (χ4v) is 1.11.